The topological polar surface area (TPSA) is 22.6 Å². The minimum atomic E-state index is 0.862. The van der Waals surface area contributed by atoms with Crippen LogP contribution in [0.3, 0.4) is 0 Å². The van der Waals surface area contributed by atoms with Crippen LogP contribution in [0, 0.1) is 20.8 Å². The van der Waals surface area contributed by atoms with Crippen molar-refractivity contribution in [2.45, 2.75) is 20.8 Å². The van der Waals surface area contributed by atoms with Gasteiger partial charge < -0.3 is 0 Å². The predicted molar refractivity (Wildman–Crippen MR) is 74.7 cm³/mol. The van der Waals surface area contributed by atoms with E-state index in [-0.39, 0.29) is 0 Å². The minimum Gasteiger partial charge on any atom is -0.272 e. The summed E-state index contributed by atoms with van der Waals surface area (Å²) in [5.74, 6) is 2.63. The van der Waals surface area contributed by atoms with Gasteiger partial charge in [0.2, 0.25) is 0 Å². The van der Waals surface area contributed by atoms with Crippen LogP contribution in [0.5, 0.6) is 0 Å². The number of hydrogen-bond donors (Lipinski definition) is 0. The smallest absolute Gasteiger partial charge is 0.143 e. The average molecular weight is 244 g/mol. The van der Waals surface area contributed by atoms with Crippen molar-refractivity contribution in [3.8, 4) is 0 Å². The van der Waals surface area contributed by atoms with E-state index in [1.54, 1.807) is 0 Å². The van der Waals surface area contributed by atoms with E-state index in [0.717, 1.165) is 28.7 Å². The van der Waals surface area contributed by atoms with Crippen LogP contribution in [0.1, 0.15) is 16.8 Å². The fourth-order valence-electron chi connectivity index (χ4n) is 2.08. The maximum atomic E-state index is 4.67. The van der Waals surface area contributed by atoms with Gasteiger partial charge in [-0.3, -0.25) is 14.9 Å². The zero-order valence-corrected chi connectivity index (χ0v) is 11.8. The molecule has 1 aromatic heterocycles. The molecule has 0 aromatic carbocycles. The van der Waals surface area contributed by atoms with E-state index in [1.165, 1.54) is 5.56 Å². The second-order valence-corrected chi connectivity index (χ2v) is 4.75. The molecule has 0 radical (unpaired) electrons. The summed E-state index contributed by atoms with van der Waals surface area (Å²) in [6.07, 6.45) is 0. The maximum absolute atomic E-state index is 4.67. The molecule has 0 saturated carbocycles. The summed E-state index contributed by atoms with van der Waals surface area (Å²) in [6.45, 7) is 14.4. The summed E-state index contributed by atoms with van der Waals surface area (Å²) in [7, 11) is 3.92. The Hall–Kier alpha value is -1.97. The molecule has 0 unspecified atom stereocenters. The second kappa shape index (κ2) is 4.05. The second-order valence-electron chi connectivity index (χ2n) is 4.75. The molecule has 2 heterocycles. The lowest BCUT2D eigenvalue weighted by Crippen LogP contribution is -2.26. The normalized spacial score (nSPS) is 15.9. The van der Waals surface area contributed by atoms with E-state index < -0.39 is 0 Å². The quantitative estimate of drug-likeness (QED) is 0.757. The standard InChI is InChI=1S/C14H20N4/c1-9-8-10(2)14(15-11(9)3)18-12(4)16(6)17(7)13(18)5/h8H,4-5H2,1-3,6-7H3. The molecule has 0 amide bonds. The summed E-state index contributed by atoms with van der Waals surface area (Å²) in [6, 6.07) is 2.15. The Kier molecular flexibility index (Phi) is 2.81. The Labute approximate surface area is 109 Å². The first kappa shape index (κ1) is 12.5. The largest absolute Gasteiger partial charge is 0.272 e. The summed E-state index contributed by atoms with van der Waals surface area (Å²) in [5, 5.41) is 3.91. The molecule has 18 heavy (non-hydrogen) atoms. The first-order valence-corrected chi connectivity index (χ1v) is 5.94. The third-order valence-corrected chi connectivity index (χ3v) is 3.56. The first-order valence-electron chi connectivity index (χ1n) is 5.94. The molecule has 1 saturated heterocycles. The van der Waals surface area contributed by atoms with Crippen LogP contribution in [-0.4, -0.2) is 29.1 Å². The molecular formula is C14H20N4. The van der Waals surface area contributed by atoms with Crippen molar-refractivity contribution in [2.75, 3.05) is 19.0 Å². The van der Waals surface area contributed by atoms with Crippen LogP contribution in [0.4, 0.5) is 5.82 Å². The highest BCUT2D eigenvalue weighted by Gasteiger charge is 2.31. The van der Waals surface area contributed by atoms with Crippen molar-refractivity contribution in [3.63, 3.8) is 0 Å². The molecule has 0 atom stereocenters. The van der Waals surface area contributed by atoms with Gasteiger partial charge in [0.05, 0.1) is 0 Å². The molecule has 1 fully saturated rings. The molecule has 0 N–H and O–H groups in total. The number of hydrogen-bond acceptors (Lipinski definition) is 4. The van der Waals surface area contributed by atoms with Crippen molar-refractivity contribution in [2.24, 2.45) is 0 Å². The molecule has 0 aliphatic carbocycles. The van der Waals surface area contributed by atoms with E-state index in [9.17, 15) is 0 Å². The van der Waals surface area contributed by atoms with Gasteiger partial charge in [0.25, 0.3) is 0 Å². The number of pyridine rings is 1. The van der Waals surface area contributed by atoms with Crippen molar-refractivity contribution >= 4 is 5.82 Å². The van der Waals surface area contributed by atoms with Crippen LogP contribution >= 0.6 is 0 Å². The highest BCUT2D eigenvalue weighted by atomic mass is 15.7. The monoisotopic (exact) mass is 244 g/mol. The van der Waals surface area contributed by atoms with Crippen LogP contribution in [0.15, 0.2) is 30.9 Å². The van der Waals surface area contributed by atoms with Crippen molar-refractivity contribution in [1.29, 1.82) is 0 Å². The van der Waals surface area contributed by atoms with Gasteiger partial charge in [0.1, 0.15) is 17.5 Å². The van der Waals surface area contributed by atoms with Gasteiger partial charge >= 0.3 is 0 Å². The third kappa shape index (κ3) is 1.65. The van der Waals surface area contributed by atoms with Gasteiger partial charge in [-0.15, -0.1) is 0 Å². The molecule has 0 spiro atoms. The summed E-state index contributed by atoms with van der Waals surface area (Å²) < 4.78 is 0. The van der Waals surface area contributed by atoms with Gasteiger partial charge in [-0.1, -0.05) is 19.2 Å². The molecule has 1 aliphatic rings. The number of hydrazine groups is 1. The highest BCUT2D eigenvalue weighted by Crippen LogP contribution is 2.33. The van der Waals surface area contributed by atoms with Gasteiger partial charge in [0, 0.05) is 19.8 Å². The van der Waals surface area contributed by atoms with Gasteiger partial charge in [-0.05, 0) is 31.9 Å². The average Bonchev–Trinajstić information content (AvgIpc) is 2.50. The summed E-state index contributed by atoms with van der Waals surface area (Å²) >= 11 is 0. The molecule has 1 aromatic rings. The Balaban J connectivity index is 2.53. The number of nitrogens with zero attached hydrogens (tertiary/aromatic N) is 4. The van der Waals surface area contributed by atoms with Crippen molar-refractivity contribution in [1.82, 2.24) is 15.0 Å². The zero-order valence-electron chi connectivity index (χ0n) is 11.8. The Morgan fingerprint density at radius 1 is 0.944 bits per heavy atom. The van der Waals surface area contributed by atoms with E-state index >= 15 is 0 Å². The van der Waals surface area contributed by atoms with E-state index in [4.69, 9.17) is 0 Å². The Morgan fingerprint density at radius 3 is 1.94 bits per heavy atom. The highest BCUT2D eigenvalue weighted by molar-refractivity contribution is 5.59. The summed E-state index contributed by atoms with van der Waals surface area (Å²) in [5.41, 5.74) is 3.37. The van der Waals surface area contributed by atoms with Gasteiger partial charge in [-0.2, -0.15) is 0 Å². The number of aromatic nitrogens is 1. The molecule has 4 nitrogen and oxygen atoms in total. The van der Waals surface area contributed by atoms with E-state index in [0.29, 0.717) is 0 Å². The van der Waals surface area contributed by atoms with Crippen molar-refractivity contribution in [3.05, 3.63) is 47.7 Å². The fourth-order valence-corrected chi connectivity index (χ4v) is 2.08. The summed E-state index contributed by atoms with van der Waals surface area (Å²) in [4.78, 5) is 6.66. The Morgan fingerprint density at radius 2 is 1.44 bits per heavy atom. The SMILES string of the molecule is C=C1N(c2nc(C)c(C)cc2C)C(=C)N(C)N1C. The third-order valence-electron chi connectivity index (χ3n) is 3.56. The van der Waals surface area contributed by atoms with E-state index in [2.05, 4.69) is 38.1 Å². The molecule has 96 valence electrons. The van der Waals surface area contributed by atoms with Crippen LogP contribution in [0.25, 0.3) is 0 Å². The number of aryl methyl sites for hydroxylation is 3. The predicted octanol–water partition coefficient (Wildman–Crippen LogP) is 2.55. The Bertz CT molecular complexity index is 513. The van der Waals surface area contributed by atoms with E-state index in [1.807, 2.05) is 35.9 Å². The molecular weight excluding hydrogens is 224 g/mol. The minimum absolute atomic E-state index is 0.862. The van der Waals surface area contributed by atoms with Crippen LogP contribution < -0.4 is 4.90 Å². The number of anilines is 1. The molecule has 2 rings (SSSR count). The van der Waals surface area contributed by atoms with Gasteiger partial charge in [-0.25, -0.2) is 4.98 Å². The van der Waals surface area contributed by atoms with Crippen molar-refractivity contribution < 1.29 is 0 Å². The first-order chi connectivity index (χ1) is 8.34. The molecule has 0 bridgehead atoms. The van der Waals surface area contributed by atoms with Gasteiger partial charge in [0.15, 0.2) is 0 Å². The molecule has 4 heteroatoms. The fraction of sp³-hybridized carbons (Fsp3) is 0.357. The lowest BCUT2D eigenvalue weighted by Gasteiger charge is -2.20. The van der Waals surface area contributed by atoms with Crippen LogP contribution in [0.2, 0.25) is 0 Å². The lowest BCUT2D eigenvalue weighted by molar-refractivity contribution is 0.146. The van der Waals surface area contributed by atoms with Crippen LogP contribution in [-0.2, 0) is 0 Å². The zero-order chi connectivity index (χ0) is 13.6. The lowest BCUT2D eigenvalue weighted by atomic mass is 10.1. The number of rotatable bonds is 1. The molecule has 1 aliphatic heterocycles. The maximum Gasteiger partial charge on any atom is 0.143 e.